The Morgan fingerprint density at radius 2 is 1.86 bits per heavy atom. The standard InChI is InChI=1S/C4H9.C2H3.Mg/c1-4(2)3;1-2;/h1-3H3;1H,2H2;. The average molecular weight is 108 g/mol. The summed E-state index contributed by atoms with van der Waals surface area (Å²) in [5.74, 6) is 0. The van der Waals surface area contributed by atoms with Crippen LogP contribution >= 0.6 is 0 Å². The Morgan fingerprint density at radius 1 is 1.43 bits per heavy atom. The van der Waals surface area contributed by atoms with Crippen LogP contribution in [0, 0.1) is 0 Å². The van der Waals surface area contributed by atoms with Crippen molar-refractivity contribution in [3.63, 3.8) is 0 Å². The molecule has 0 aromatic heterocycles. The fraction of sp³-hybridized carbons (Fsp3) is 0.667. The van der Waals surface area contributed by atoms with Crippen LogP contribution in [0.1, 0.15) is 20.8 Å². The van der Waals surface area contributed by atoms with Crippen LogP contribution in [-0.4, -0.2) is 20.4 Å². The molecule has 0 saturated heterocycles. The molecule has 0 bridgehead atoms. The molecule has 0 spiro atoms. The highest BCUT2D eigenvalue weighted by Crippen LogP contribution is 2.19. The third-order valence-electron chi connectivity index (χ3n) is 0.757. The van der Waals surface area contributed by atoms with E-state index in [1.807, 2.05) is 0 Å². The molecule has 0 radical (unpaired) electrons. The van der Waals surface area contributed by atoms with Crippen molar-refractivity contribution in [1.29, 1.82) is 0 Å². The first-order chi connectivity index (χ1) is 3.06. The van der Waals surface area contributed by atoms with E-state index in [4.69, 9.17) is 0 Å². The van der Waals surface area contributed by atoms with Crippen molar-refractivity contribution in [1.82, 2.24) is 0 Å². The molecule has 0 unspecified atom stereocenters. The van der Waals surface area contributed by atoms with Gasteiger partial charge in [-0.1, -0.05) is 20.8 Å². The van der Waals surface area contributed by atoms with Crippen LogP contribution in [0.4, 0.5) is 0 Å². The summed E-state index contributed by atoms with van der Waals surface area (Å²) in [7, 11) is 0. The predicted octanol–water partition coefficient (Wildman–Crippen LogP) is 2.05. The van der Waals surface area contributed by atoms with E-state index >= 15 is 0 Å². The van der Waals surface area contributed by atoms with Crippen LogP contribution < -0.4 is 0 Å². The zero-order chi connectivity index (χ0) is 5.91. The Balaban J connectivity index is 3.34. The number of hydrogen-bond acceptors (Lipinski definition) is 0. The zero-order valence-corrected chi connectivity index (χ0v) is 6.91. The number of hydrogen-bond donors (Lipinski definition) is 0. The van der Waals surface area contributed by atoms with E-state index in [2.05, 4.69) is 31.6 Å². The van der Waals surface area contributed by atoms with Crippen LogP contribution in [-0.2, 0) is 0 Å². The van der Waals surface area contributed by atoms with Crippen molar-refractivity contribution in [2.24, 2.45) is 0 Å². The van der Waals surface area contributed by atoms with Crippen LogP contribution in [0.15, 0.2) is 10.8 Å². The highest BCUT2D eigenvalue weighted by atomic mass is 24.5. The van der Waals surface area contributed by atoms with Gasteiger partial charge in [0.2, 0.25) is 0 Å². The second-order valence-corrected chi connectivity index (χ2v) is 6.16. The first-order valence-electron chi connectivity index (χ1n) is 2.67. The third kappa shape index (κ3) is 6.51. The van der Waals surface area contributed by atoms with Gasteiger partial charge in [-0.15, -0.1) is 10.1 Å². The first kappa shape index (κ1) is 7.51. The Labute approximate surface area is 55.7 Å². The van der Waals surface area contributed by atoms with Gasteiger partial charge in [0.05, 0.1) is 0 Å². The van der Waals surface area contributed by atoms with E-state index in [-0.39, 0.29) is 20.4 Å². The molecule has 38 valence electrons. The highest BCUT2D eigenvalue weighted by molar-refractivity contribution is 6.45. The molecular weight excluding hydrogens is 96.4 g/mol. The minimum absolute atomic E-state index is 0.0239. The third-order valence-corrected chi connectivity index (χ3v) is 2.27. The minimum atomic E-state index is 0.0239. The molecule has 0 aliphatic rings. The van der Waals surface area contributed by atoms with E-state index in [1.54, 1.807) is 0 Å². The van der Waals surface area contributed by atoms with Crippen LogP contribution in [0.3, 0.4) is 0 Å². The van der Waals surface area contributed by atoms with Gasteiger partial charge in [-0.2, -0.15) is 0 Å². The summed E-state index contributed by atoms with van der Waals surface area (Å²) < 4.78 is 2.67. The first-order valence-corrected chi connectivity index (χ1v) is 4.19. The Hall–Kier alpha value is 0.506. The molecular formula is C6H12Mg. The van der Waals surface area contributed by atoms with Crippen molar-refractivity contribution in [2.45, 2.75) is 24.3 Å². The highest BCUT2D eigenvalue weighted by Gasteiger charge is 2.09. The molecule has 0 heterocycles. The van der Waals surface area contributed by atoms with Crippen molar-refractivity contribution in [3.05, 3.63) is 10.8 Å². The van der Waals surface area contributed by atoms with Crippen LogP contribution in [0.5, 0.6) is 0 Å². The second-order valence-electron chi connectivity index (χ2n) is 3.05. The SMILES string of the molecule is C=[CH][Mg][C](C)(C)C. The summed E-state index contributed by atoms with van der Waals surface area (Å²) in [6, 6.07) is 0. The fourth-order valence-corrected chi connectivity index (χ4v) is 1.30. The maximum Gasteiger partial charge on any atom is 0.402 e. The molecule has 0 aromatic rings. The van der Waals surface area contributed by atoms with Gasteiger partial charge in [-0.3, -0.25) is 0 Å². The topological polar surface area (TPSA) is 0 Å². The monoisotopic (exact) mass is 108 g/mol. The molecule has 0 N–H and O–H groups in total. The molecule has 7 heavy (non-hydrogen) atoms. The van der Waals surface area contributed by atoms with Crippen molar-refractivity contribution in [2.75, 3.05) is 0 Å². The smallest absolute Gasteiger partial charge is 0.213 e. The molecule has 0 fully saturated rings. The molecule has 0 aliphatic carbocycles. The maximum absolute atomic E-state index is 3.71. The molecule has 0 saturated carbocycles. The normalized spacial score (nSPS) is 10.1. The molecule has 1 heteroatoms. The minimum Gasteiger partial charge on any atom is -0.213 e. The van der Waals surface area contributed by atoms with Gasteiger partial charge in [-0.05, 0) is 0 Å². The van der Waals surface area contributed by atoms with Gasteiger partial charge in [0.25, 0.3) is 0 Å². The summed E-state index contributed by atoms with van der Waals surface area (Å²) in [5.41, 5.74) is 0. The second kappa shape index (κ2) is 2.73. The molecule has 0 amide bonds. The van der Waals surface area contributed by atoms with E-state index in [0.29, 0.717) is 3.54 Å². The Kier molecular flexibility index (Phi) is 2.92. The largest absolute Gasteiger partial charge is 0.402 e. The molecule has 0 rings (SSSR count). The van der Waals surface area contributed by atoms with E-state index in [1.165, 1.54) is 0 Å². The van der Waals surface area contributed by atoms with Gasteiger partial charge in [0.15, 0.2) is 0 Å². The zero-order valence-electron chi connectivity index (χ0n) is 5.49. The quantitative estimate of drug-likeness (QED) is 0.451. The lowest BCUT2D eigenvalue weighted by molar-refractivity contribution is 0.759. The molecule has 0 nitrogen and oxygen atoms in total. The van der Waals surface area contributed by atoms with E-state index < -0.39 is 0 Å². The van der Waals surface area contributed by atoms with E-state index in [0.717, 1.165) is 0 Å². The van der Waals surface area contributed by atoms with Gasteiger partial charge < -0.3 is 0 Å². The molecule has 0 atom stereocenters. The van der Waals surface area contributed by atoms with Crippen molar-refractivity contribution < 1.29 is 0 Å². The van der Waals surface area contributed by atoms with Gasteiger partial charge in [0.1, 0.15) is 0 Å². The van der Waals surface area contributed by atoms with Crippen LogP contribution in [0.25, 0.3) is 0 Å². The lowest BCUT2D eigenvalue weighted by Gasteiger charge is -2.12. The summed E-state index contributed by atoms with van der Waals surface area (Å²) >= 11 is 0.0239. The van der Waals surface area contributed by atoms with Crippen molar-refractivity contribution >= 4 is 20.4 Å². The number of rotatable bonds is 1. The summed E-state index contributed by atoms with van der Waals surface area (Å²) in [4.78, 5) is 0. The van der Waals surface area contributed by atoms with Gasteiger partial charge >= 0.3 is 20.4 Å². The van der Waals surface area contributed by atoms with Gasteiger partial charge in [-0.25, -0.2) is 4.21 Å². The van der Waals surface area contributed by atoms with Crippen LogP contribution in [0.2, 0.25) is 3.54 Å². The average Bonchev–Trinajstić information content (AvgIpc) is 1.30. The van der Waals surface area contributed by atoms with Crippen molar-refractivity contribution in [3.8, 4) is 0 Å². The summed E-state index contributed by atoms with van der Waals surface area (Å²) in [5, 5.41) is 0. The summed E-state index contributed by atoms with van der Waals surface area (Å²) in [6.07, 6.45) is 0. The molecule has 0 aliphatic heterocycles. The lowest BCUT2D eigenvalue weighted by Crippen LogP contribution is -2.03. The Bertz CT molecular complexity index is 59.1. The lowest BCUT2D eigenvalue weighted by atomic mass is 10.2. The van der Waals surface area contributed by atoms with E-state index in [9.17, 15) is 0 Å². The Morgan fingerprint density at radius 3 is 1.86 bits per heavy atom. The predicted molar refractivity (Wildman–Crippen MR) is 35.7 cm³/mol. The molecule has 0 aromatic carbocycles. The van der Waals surface area contributed by atoms with Gasteiger partial charge in [0, 0.05) is 0 Å². The maximum atomic E-state index is 3.71. The fourth-order valence-electron chi connectivity index (χ4n) is 0.433. The summed E-state index contributed by atoms with van der Waals surface area (Å²) in [6.45, 7) is 10.5.